The van der Waals surface area contributed by atoms with E-state index in [1.165, 1.54) is 11.8 Å². The van der Waals surface area contributed by atoms with Gasteiger partial charge in [0.1, 0.15) is 0 Å². The van der Waals surface area contributed by atoms with Crippen molar-refractivity contribution >= 4 is 28.3 Å². The molecule has 1 aromatic heterocycles. The van der Waals surface area contributed by atoms with Crippen molar-refractivity contribution in [3.8, 4) is 5.69 Å². The third-order valence-corrected chi connectivity index (χ3v) is 6.36. The average Bonchev–Trinajstić information content (AvgIpc) is 2.76. The normalized spacial score (nSPS) is 12.1. The Morgan fingerprint density at radius 3 is 2.57 bits per heavy atom. The van der Waals surface area contributed by atoms with E-state index in [0.717, 1.165) is 27.6 Å². The molecule has 1 atom stereocenters. The van der Waals surface area contributed by atoms with Crippen molar-refractivity contribution in [2.24, 2.45) is 0 Å². The number of benzene rings is 3. The van der Waals surface area contributed by atoms with Crippen molar-refractivity contribution in [2.45, 2.75) is 31.0 Å². The summed E-state index contributed by atoms with van der Waals surface area (Å²) in [5, 5.41) is 1.94. The fourth-order valence-corrected chi connectivity index (χ4v) is 4.33. The molecule has 0 aliphatic heterocycles. The highest BCUT2D eigenvalue weighted by Crippen LogP contribution is 2.24. The highest BCUT2D eigenvalue weighted by atomic mass is 32.2. The number of rotatable bonds is 5. The van der Waals surface area contributed by atoms with Crippen LogP contribution in [0.25, 0.3) is 16.5 Å². The van der Waals surface area contributed by atoms with Crippen LogP contribution in [0, 0.1) is 13.8 Å². The van der Waals surface area contributed by atoms with Crippen LogP contribution in [0.1, 0.15) is 28.4 Å². The molecule has 0 saturated carbocycles. The van der Waals surface area contributed by atoms with Gasteiger partial charge in [-0.1, -0.05) is 60.3 Å². The van der Waals surface area contributed by atoms with Crippen molar-refractivity contribution in [3.05, 3.63) is 100 Å². The van der Waals surface area contributed by atoms with Gasteiger partial charge in [-0.15, -0.1) is 0 Å². The summed E-state index contributed by atoms with van der Waals surface area (Å²) in [7, 11) is 0. The SMILES string of the molecule is Cc1ccc(C(=O)[C@@H](C)Sc2nccn(-c3cccc4ccccc34)c2=O)cc1C. The summed E-state index contributed by atoms with van der Waals surface area (Å²) in [5.41, 5.74) is 3.46. The molecule has 0 spiro atoms. The maximum atomic E-state index is 13.2. The van der Waals surface area contributed by atoms with E-state index in [1.54, 1.807) is 17.0 Å². The number of aromatic nitrogens is 2. The molecular formula is C25H22N2O2S. The summed E-state index contributed by atoms with van der Waals surface area (Å²) in [6.07, 6.45) is 3.28. The van der Waals surface area contributed by atoms with Crippen LogP contribution in [0.4, 0.5) is 0 Å². The number of carbonyl (C=O) groups excluding carboxylic acids is 1. The molecule has 4 aromatic rings. The Hall–Kier alpha value is -3.18. The van der Waals surface area contributed by atoms with Gasteiger partial charge >= 0.3 is 0 Å². The standard InChI is InChI=1S/C25H22N2O2S/c1-16-11-12-20(15-17(16)2)23(28)18(3)30-24-25(29)27(14-13-26-24)22-10-6-8-19-7-4-5-9-21(19)22/h4-15,18H,1-3H3/t18-/m1/s1. The summed E-state index contributed by atoms with van der Waals surface area (Å²) in [6, 6.07) is 19.5. The Balaban J connectivity index is 1.67. The minimum atomic E-state index is -0.421. The number of thioether (sulfide) groups is 1. The fourth-order valence-electron chi connectivity index (χ4n) is 3.43. The van der Waals surface area contributed by atoms with E-state index in [4.69, 9.17) is 0 Å². The van der Waals surface area contributed by atoms with Crippen LogP contribution in [0.5, 0.6) is 0 Å². The second-order valence-corrected chi connectivity index (χ2v) is 8.66. The summed E-state index contributed by atoms with van der Waals surface area (Å²) in [4.78, 5) is 30.3. The van der Waals surface area contributed by atoms with Crippen LogP contribution in [-0.4, -0.2) is 20.6 Å². The molecule has 5 heteroatoms. The fraction of sp³-hybridized carbons (Fsp3) is 0.160. The minimum Gasteiger partial charge on any atom is -0.293 e. The highest BCUT2D eigenvalue weighted by molar-refractivity contribution is 8.00. The molecule has 0 amide bonds. The lowest BCUT2D eigenvalue weighted by atomic mass is 10.0. The average molecular weight is 415 g/mol. The van der Waals surface area contributed by atoms with Gasteiger partial charge in [0.25, 0.3) is 5.56 Å². The number of Topliss-reactive ketones (excluding diaryl/α,β-unsaturated/α-hetero) is 1. The first-order valence-corrected chi connectivity index (χ1v) is 10.7. The molecule has 0 aliphatic rings. The predicted octanol–water partition coefficient (Wildman–Crippen LogP) is 5.37. The quantitative estimate of drug-likeness (QED) is 0.326. The van der Waals surface area contributed by atoms with E-state index < -0.39 is 5.25 Å². The molecule has 0 N–H and O–H groups in total. The first-order valence-electron chi connectivity index (χ1n) is 9.79. The molecular weight excluding hydrogens is 392 g/mol. The Bertz CT molecular complexity index is 1300. The molecule has 30 heavy (non-hydrogen) atoms. The number of carbonyl (C=O) groups is 1. The summed E-state index contributed by atoms with van der Waals surface area (Å²) in [6.45, 7) is 5.83. The first-order chi connectivity index (χ1) is 14.5. The van der Waals surface area contributed by atoms with Crippen LogP contribution >= 0.6 is 11.8 Å². The van der Waals surface area contributed by atoms with Crippen LogP contribution in [0.15, 0.2) is 82.9 Å². The van der Waals surface area contributed by atoms with E-state index in [0.29, 0.717) is 10.6 Å². The molecule has 1 heterocycles. The van der Waals surface area contributed by atoms with Gasteiger partial charge in [-0.05, 0) is 49.4 Å². The van der Waals surface area contributed by atoms with E-state index >= 15 is 0 Å². The third-order valence-electron chi connectivity index (χ3n) is 5.28. The molecule has 0 radical (unpaired) electrons. The number of fused-ring (bicyclic) bond motifs is 1. The summed E-state index contributed by atoms with van der Waals surface area (Å²) >= 11 is 1.20. The van der Waals surface area contributed by atoms with Crippen molar-refractivity contribution in [2.75, 3.05) is 0 Å². The van der Waals surface area contributed by atoms with E-state index in [1.807, 2.05) is 81.4 Å². The maximum absolute atomic E-state index is 13.2. The van der Waals surface area contributed by atoms with Crippen LogP contribution in [0.2, 0.25) is 0 Å². The van der Waals surface area contributed by atoms with Crippen molar-refractivity contribution < 1.29 is 4.79 Å². The number of nitrogens with zero attached hydrogens (tertiary/aromatic N) is 2. The lowest BCUT2D eigenvalue weighted by Gasteiger charge is -2.13. The molecule has 0 saturated heterocycles. The molecule has 0 bridgehead atoms. The number of ketones is 1. The second kappa shape index (κ2) is 8.28. The van der Waals surface area contributed by atoms with Gasteiger partial charge in [-0.2, -0.15) is 0 Å². The van der Waals surface area contributed by atoms with Gasteiger partial charge in [-0.25, -0.2) is 4.98 Å². The maximum Gasteiger partial charge on any atom is 0.287 e. The van der Waals surface area contributed by atoms with E-state index in [9.17, 15) is 9.59 Å². The number of hydrogen-bond donors (Lipinski definition) is 0. The van der Waals surface area contributed by atoms with Gasteiger partial charge in [0.05, 0.1) is 10.9 Å². The third kappa shape index (κ3) is 3.81. The zero-order chi connectivity index (χ0) is 21.3. The molecule has 0 fully saturated rings. The molecule has 4 nitrogen and oxygen atoms in total. The summed E-state index contributed by atoms with van der Waals surface area (Å²) < 4.78 is 1.60. The van der Waals surface area contributed by atoms with Gasteiger partial charge < -0.3 is 0 Å². The van der Waals surface area contributed by atoms with Gasteiger partial charge in [0.2, 0.25) is 0 Å². The van der Waals surface area contributed by atoms with E-state index in [2.05, 4.69) is 4.98 Å². The Morgan fingerprint density at radius 2 is 1.77 bits per heavy atom. The molecule has 0 aliphatic carbocycles. The Kier molecular flexibility index (Phi) is 5.55. The molecule has 4 rings (SSSR count). The predicted molar refractivity (Wildman–Crippen MR) is 123 cm³/mol. The number of aryl methyl sites for hydroxylation is 2. The smallest absolute Gasteiger partial charge is 0.287 e. The van der Waals surface area contributed by atoms with Crippen LogP contribution in [-0.2, 0) is 0 Å². The summed E-state index contributed by atoms with van der Waals surface area (Å²) in [5.74, 6) is -0.00939. The Morgan fingerprint density at radius 1 is 1.00 bits per heavy atom. The largest absolute Gasteiger partial charge is 0.293 e. The molecule has 0 unspecified atom stereocenters. The van der Waals surface area contributed by atoms with Crippen LogP contribution < -0.4 is 5.56 Å². The van der Waals surface area contributed by atoms with Gasteiger partial charge in [0.15, 0.2) is 10.8 Å². The topological polar surface area (TPSA) is 52.0 Å². The first kappa shape index (κ1) is 20.1. The van der Waals surface area contributed by atoms with Crippen molar-refractivity contribution in [1.82, 2.24) is 9.55 Å². The van der Waals surface area contributed by atoms with E-state index in [-0.39, 0.29) is 11.3 Å². The van der Waals surface area contributed by atoms with Gasteiger partial charge in [0, 0.05) is 23.3 Å². The van der Waals surface area contributed by atoms with Crippen LogP contribution in [0.3, 0.4) is 0 Å². The van der Waals surface area contributed by atoms with Crippen molar-refractivity contribution in [1.29, 1.82) is 0 Å². The monoisotopic (exact) mass is 414 g/mol. The van der Waals surface area contributed by atoms with Crippen molar-refractivity contribution in [3.63, 3.8) is 0 Å². The molecule has 3 aromatic carbocycles. The van der Waals surface area contributed by atoms with Gasteiger partial charge in [-0.3, -0.25) is 14.2 Å². The molecule has 150 valence electrons. The lowest BCUT2D eigenvalue weighted by molar-refractivity contribution is 0.0994. The Labute approximate surface area is 179 Å². The zero-order valence-electron chi connectivity index (χ0n) is 17.1. The minimum absolute atomic E-state index is 0.00939. The zero-order valence-corrected chi connectivity index (χ0v) is 17.9. The lowest BCUT2D eigenvalue weighted by Crippen LogP contribution is -2.23. The number of hydrogen-bond acceptors (Lipinski definition) is 4. The second-order valence-electron chi connectivity index (χ2n) is 7.33. The highest BCUT2D eigenvalue weighted by Gasteiger charge is 2.20.